The fourth-order valence-corrected chi connectivity index (χ4v) is 9.83. The van der Waals surface area contributed by atoms with E-state index in [1.807, 2.05) is 0 Å². The summed E-state index contributed by atoms with van der Waals surface area (Å²) >= 11 is 3.55. The molecule has 1 aliphatic rings. The number of fused-ring (bicyclic) bond motifs is 5. The quantitative estimate of drug-likeness (QED) is 0.153. The van der Waals surface area contributed by atoms with Gasteiger partial charge in [-0.05, 0) is 128 Å². The molecule has 0 spiro atoms. The fraction of sp³-hybridized carbons (Fsp3) is 0.0588. The highest BCUT2D eigenvalue weighted by Gasteiger charge is 2.38. The standard InChI is InChI=1S/C51H38N2S2/c1-51(2)45-33-41(52(37-17-5-3-6-18-37)39-21-11-15-35(31-39)48-25-13-29-54-48)27-28-44(45)50-43-24-10-9-23-42(43)47(34-46(50)51)53(38-19-7-4-8-20-38)40-22-12-16-36(32-40)49-26-14-30-55-49/h3-34H,1-2H3. The summed E-state index contributed by atoms with van der Waals surface area (Å²) in [5.41, 5.74) is 14.4. The molecule has 2 aromatic heterocycles. The molecule has 10 rings (SSSR count). The molecule has 0 amide bonds. The summed E-state index contributed by atoms with van der Waals surface area (Å²) in [5.74, 6) is 0. The summed E-state index contributed by atoms with van der Waals surface area (Å²) < 4.78 is 0. The first kappa shape index (κ1) is 33.4. The molecule has 0 saturated heterocycles. The number of hydrogen-bond donors (Lipinski definition) is 0. The Morgan fingerprint density at radius 1 is 0.400 bits per heavy atom. The van der Waals surface area contributed by atoms with Crippen molar-refractivity contribution in [1.29, 1.82) is 0 Å². The largest absolute Gasteiger partial charge is 0.310 e. The minimum atomic E-state index is -0.262. The van der Waals surface area contributed by atoms with Gasteiger partial charge in [0.1, 0.15) is 0 Å². The van der Waals surface area contributed by atoms with Crippen LogP contribution in [0, 0.1) is 0 Å². The Kier molecular flexibility index (Phi) is 8.24. The zero-order chi connectivity index (χ0) is 36.9. The van der Waals surface area contributed by atoms with Gasteiger partial charge in [-0.3, -0.25) is 0 Å². The van der Waals surface area contributed by atoms with Crippen molar-refractivity contribution >= 4 is 67.6 Å². The van der Waals surface area contributed by atoms with Gasteiger partial charge in [-0.25, -0.2) is 0 Å². The second-order valence-corrected chi connectivity index (χ2v) is 16.5. The first-order valence-corrected chi connectivity index (χ1v) is 20.5. The predicted molar refractivity (Wildman–Crippen MR) is 238 cm³/mol. The zero-order valence-electron chi connectivity index (χ0n) is 30.7. The zero-order valence-corrected chi connectivity index (χ0v) is 32.3. The van der Waals surface area contributed by atoms with Crippen LogP contribution in [-0.2, 0) is 5.41 Å². The van der Waals surface area contributed by atoms with Crippen LogP contribution in [0.25, 0.3) is 42.8 Å². The third-order valence-electron chi connectivity index (χ3n) is 11.0. The smallest absolute Gasteiger partial charge is 0.0543 e. The van der Waals surface area contributed by atoms with E-state index in [-0.39, 0.29) is 5.41 Å². The first-order valence-electron chi connectivity index (χ1n) is 18.7. The molecule has 0 bridgehead atoms. The lowest BCUT2D eigenvalue weighted by molar-refractivity contribution is 0.661. The second kappa shape index (κ2) is 13.6. The normalized spacial score (nSPS) is 12.7. The monoisotopic (exact) mass is 742 g/mol. The number of hydrogen-bond acceptors (Lipinski definition) is 4. The average molecular weight is 743 g/mol. The van der Waals surface area contributed by atoms with Crippen LogP contribution in [0.2, 0.25) is 0 Å². The Labute approximate surface area is 330 Å². The molecule has 55 heavy (non-hydrogen) atoms. The number of benzene rings is 7. The van der Waals surface area contributed by atoms with Gasteiger partial charge in [0.15, 0.2) is 0 Å². The van der Waals surface area contributed by atoms with Gasteiger partial charge < -0.3 is 9.80 Å². The molecule has 0 radical (unpaired) electrons. The van der Waals surface area contributed by atoms with Gasteiger partial charge >= 0.3 is 0 Å². The molecule has 7 aromatic carbocycles. The summed E-state index contributed by atoms with van der Waals surface area (Å²) in [5, 5.41) is 6.80. The Balaban J connectivity index is 1.15. The van der Waals surface area contributed by atoms with Gasteiger partial charge in [-0.2, -0.15) is 0 Å². The third-order valence-corrected chi connectivity index (χ3v) is 12.8. The number of thiophene rings is 2. The summed E-state index contributed by atoms with van der Waals surface area (Å²) in [7, 11) is 0. The van der Waals surface area contributed by atoms with Crippen LogP contribution in [0.15, 0.2) is 193 Å². The molecule has 264 valence electrons. The summed E-state index contributed by atoms with van der Waals surface area (Å²) in [6.45, 7) is 4.79. The number of para-hydroxylation sites is 2. The molecule has 0 atom stereocenters. The van der Waals surface area contributed by atoms with E-state index < -0.39 is 0 Å². The van der Waals surface area contributed by atoms with Gasteiger partial charge in [0.05, 0.1) is 5.69 Å². The predicted octanol–water partition coefficient (Wildman–Crippen LogP) is 15.5. The van der Waals surface area contributed by atoms with Crippen LogP contribution in [0.3, 0.4) is 0 Å². The van der Waals surface area contributed by atoms with Crippen molar-refractivity contribution in [2.24, 2.45) is 0 Å². The van der Waals surface area contributed by atoms with Crippen molar-refractivity contribution in [1.82, 2.24) is 0 Å². The second-order valence-electron chi connectivity index (χ2n) is 14.6. The maximum Gasteiger partial charge on any atom is 0.0543 e. The van der Waals surface area contributed by atoms with E-state index in [0.29, 0.717) is 0 Å². The van der Waals surface area contributed by atoms with Gasteiger partial charge in [0.2, 0.25) is 0 Å². The summed E-state index contributed by atoms with van der Waals surface area (Å²) in [6, 6.07) is 66.7. The lowest BCUT2D eigenvalue weighted by atomic mass is 9.81. The SMILES string of the molecule is CC1(C)c2cc(N(c3ccccc3)c3cccc(-c4cccs4)c3)ccc2-c2c1cc(N(c1ccccc1)c1cccc(-c3cccs3)c1)c1ccccc21. The fourth-order valence-electron chi connectivity index (χ4n) is 8.39. The highest BCUT2D eigenvalue weighted by atomic mass is 32.1. The van der Waals surface area contributed by atoms with Crippen LogP contribution >= 0.6 is 22.7 Å². The topological polar surface area (TPSA) is 6.48 Å². The van der Waals surface area contributed by atoms with Crippen molar-refractivity contribution in [3.05, 3.63) is 204 Å². The molecule has 2 nitrogen and oxygen atoms in total. The number of nitrogens with zero attached hydrogens (tertiary/aromatic N) is 2. The average Bonchev–Trinajstić information content (AvgIpc) is 4.02. The molecule has 2 heterocycles. The van der Waals surface area contributed by atoms with E-state index in [4.69, 9.17) is 0 Å². The Hall–Kier alpha value is -6.20. The molecule has 0 aliphatic heterocycles. The van der Waals surface area contributed by atoms with Crippen molar-refractivity contribution in [3.63, 3.8) is 0 Å². The Morgan fingerprint density at radius 2 is 0.927 bits per heavy atom. The van der Waals surface area contributed by atoms with E-state index in [0.717, 1.165) is 28.4 Å². The maximum absolute atomic E-state index is 2.47. The van der Waals surface area contributed by atoms with Crippen molar-refractivity contribution in [2.45, 2.75) is 19.3 Å². The van der Waals surface area contributed by atoms with Gasteiger partial charge in [-0.1, -0.05) is 117 Å². The molecule has 0 unspecified atom stereocenters. The summed E-state index contributed by atoms with van der Waals surface area (Å²) in [6.07, 6.45) is 0. The molecule has 4 heteroatoms. The van der Waals surface area contributed by atoms with Gasteiger partial charge in [0.25, 0.3) is 0 Å². The highest BCUT2D eigenvalue weighted by molar-refractivity contribution is 7.13. The molecular formula is C51H38N2S2. The van der Waals surface area contributed by atoms with Gasteiger partial charge in [-0.15, -0.1) is 22.7 Å². The van der Waals surface area contributed by atoms with Crippen LogP contribution in [0.5, 0.6) is 0 Å². The number of rotatable bonds is 8. The third kappa shape index (κ3) is 5.77. The molecule has 9 aromatic rings. The van der Waals surface area contributed by atoms with Crippen molar-refractivity contribution in [3.8, 4) is 32.0 Å². The molecular weight excluding hydrogens is 705 g/mol. The van der Waals surface area contributed by atoms with Crippen LogP contribution in [-0.4, -0.2) is 0 Å². The van der Waals surface area contributed by atoms with E-state index in [2.05, 4.69) is 216 Å². The summed E-state index contributed by atoms with van der Waals surface area (Å²) in [4.78, 5) is 7.38. The van der Waals surface area contributed by atoms with Crippen LogP contribution in [0.4, 0.5) is 34.1 Å². The van der Waals surface area contributed by atoms with E-state index >= 15 is 0 Å². The Morgan fingerprint density at radius 3 is 1.53 bits per heavy atom. The lowest BCUT2D eigenvalue weighted by Crippen LogP contribution is -2.18. The van der Waals surface area contributed by atoms with Crippen LogP contribution < -0.4 is 9.80 Å². The maximum atomic E-state index is 2.47. The highest BCUT2D eigenvalue weighted by Crippen LogP contribution is 2.56. The van der Waals surface area contributed by atoms with E-state index in [9.17, 15) is 0 Å². The molecule has 0 N–H and O–H groups in total. The number of anilines is 6. The van der Waals surface area contributed by atoms with E-state index in [1.54, 1.807) is 22.7 Å². The van der Waals surface area contributed by atoms with Crippen molar-refractivity contribution in [2.75, 3.05) is 9.80 Å². The minimum absolute atomic E-state index is 0.262. The van der Waals surface area contributed by atoms with Crippen LogP contribution in [0.1, 0.15) is 25.0 Å². The minimum Gasteiger partial charge on any atom is -0.310 e. The Bertz CT molecular complexity index is 2790. The molecule has 0 fully saturated rings. The molecule has 0 saturated carbocycles. The van der Waals surface area contributed by atoms with Crippen molar-refractivity contribution < 1.29 is 0 Å². The van der Waals surface area contributed by atoms with Gasteiger partial charge in [0, 0.05) is 49.0 Å². The molecule has 1 aliphatic carbocycles. The lowest BCUT2D eigenvalue weighted by Gasteiger charge is -2.30. The van der Waals surface area contributed by atoms with E-state index in [1.165, 1.54) is 59.6 Å². The first-order chi connectivity index (χ1) is 27.0.